The molecule has 0 bridgehead atoms. The highest BCUT2D eigenvalue weighted by molar-refractivity contribution is 5.75. The van der Waals surface area contributed by atoms with Crippen molar-refractivity contribution >= 4 is 11.7 Å². The number of benzene rings is 1. The summed E-state index contributed by atoms with van der Waals surface area (Å²) in [5.74, 6) is 0.0636. The standard InChI is InChI=1S/C22H31NO3/c1-16(15-20(24)26-22(2,3)4)18-10-9-17-7-5-6-8-19(17)21(18)23-11-13-25-14-12-23/h5-8,16H,9-15H2,1-4H3. The molecular formula is C22H31NO3. The van der Waals surface area contributed by atoms with Crippen molar-refractivity contribution in [2.24, 2.45) is 5.92 Å². The summed E-state index contributed by atoms with van der Waals surface area (Å²) in [6, 6.07) is 8.68. The summed E-state index contributed by atoms with van der Waals surface area (Å²) < 4.78 is 11.1. The van der Waals surface area contributed by atoms with Crippen molar-refractivity contribution < 1.29 is 14.3 Å². The van der Waals surface area contributed by atoms with Gasteiger partial charge < -0.3 is 14.4 Å². The van der Waals surface area contributed by atoms with Gasteiger partial charge in [-0.25, -0.2) is 0 Å². The summed E-state index contributed by atoms with van der Waals surface area (Å²) in [5.41, 5.74) is 5.01. The average molecular weight is 357 g/mol. The molecule has 0 saturated carbocycles. The fourth-order valence-corrected chi connectivity index (χ4v) is 3.93. The Bertz CT molecular complexity index is 681. The molecule has 4 nitrogen and oxygen atoms in total. The van der Waals surface area contributed by atoms with Crippen molar-refractivity contribution in [1.82, 2.24) is 4.90 Å². The molecule has 1 aliphatic heterocycles. The summed E-state index contributed by atoms with van der Waals surface area (Å²) in [5, 5.41) is 0. The van der Waals surface area contributed by atoms with E-state index in [1.807, 2.05) is 20.8 Å². The van der Waals surface area contributed by atoms with Gasteiger partial charge in [-0.15, -0.1) is 0 Å². The summed E-state index contributed by atoms with van der Waals surface area (Å²) in [7, 11) is 0. The molecule has 2 aliphatic rings. The Hall–Kier alpha value is -1.81. The average Bonchev–Trinajstić information content (AvgIpc) is 2.59. The molecule has 1 heterocycles. The van der Waals surface area contributed by atoms with Crippen molar-refractivity contribution in [3.8, 4) is 0 Å². The van der Waals surface area contributed by atoms with Crippen LogP contribution >= 0.6 is 0 Å². The van der Waals surface area contributed by atoms with Crippen LogP contribution in [0.5, 0.6) is 0 Å². The number of hydrogen-bond acceptors (Lipinski definition) is 4. The van der Waals surface area contributed by atoms with Gasteiger partial charge in [-0.1, -0.05) is 31.2 Å². The topological polar surface area (TPSA) is 38.8 Å². The van der Waals surface area contributed by atoms with Crippen LogP contribution in [-0.2, 0) is 20.7 Å². The number of allylic oxidation sites excluding steroid dienone is 1. The van der Waals surface area contributed by atoms with Gasteiger partial charge in [0.1, 0.15) is 5.60 Å². The molecule has 0 spiro atoms. The first-order valence-corrected chi connectivity index (χ1v) is 9.71. The number of fused-ring (bicyclic) bond motifs is 1. The minimum Gasteiger partial charge on any atom is -0.460 e. The fourth-order valence-electron chi connectivity index (χ4n) is 3.93. The number of carbonyl (C=O) groups excluding carboxylic acids is 1. The molecule has 3 rings (SSSR count). The summed E-state index contributed by atoms with van der Waals surface area (Å²) in [6.45, 7) is 11.3. The van der Waals surface area contributed by atoms with E-state index in [9.17, 15) is 4.79 Å². The number of rotatable bonds is 4. The lowest BCUT2D eigenvalue weighted by atomic mass is 9.82. The number of aryl methyl sites for hydroxylation is 1. The molecule has 0 radical (unpaired) electrons. The summed E-state index contributed by atoms with van der Waals surface area (Å²) in [4.78, 5) is 14.8. The SMILES string of the molecule is CC(CC(=O)OC(C)(C)C)C1=C(N2CCOCC2)c2ccccc2CC1. The molecule has 1 aromatic rings. The predicted molar refractivity (Wildman–Crippen MR) is 104 cm³/mol. The van der Waals surface area contributed by atoms with E-state index in [1.54, 1.807) is 0 Å². The zero-order chi connectivity index (χ0) is 18.7. The Morgan fingerprint density at radius 3 is 2.58 bits per heavy atom. The fraction of sp³-hybridized carbons (Fsp3) is 0.591. The number of carbonyl (C=O) groups is 1. The Morgan fingerprint density at radius 1 is 1.19 bits per heavy atom. The Morgan fingerprint density at radius 2 is 1.88 bits per heavy atom. The highest BCUT2D eigenvalue weighted by atomic mass is 16.6. The number of ether oxygens (including phenoxy) is 2. The lowest BCUT2D eigenvalue weighted by molar-refractivity contribution is -0.155. The number of esters is 1. The first kappa shape index (κ1) is 19.0. The molecule has 1 saturated heterocycles. The second-order valence-corrected chi connectivity index (χ2v) is 8.32. The van der Waals surface area contributed by atoms with Crippen LogP contribution < -0.4 is 0 Å². The van der Waals surface area contributed by atoms with E-state index < -0.39 is 5.60 Å². The van der Waals surface area contributed by atoms with E-state index in [4.69, 9.17) is 9.47 Å². The van der Waals surface area contributed by atoms with E-state index >= 15 is 0 Å². The maximum atomic E-state index is 12.4. The molecule has 142 valence electrons. The van der Waals surface area contributed by atoms with E-state index in [-0.39, 0.29) is 11.9 Å². The predicted octanol–water partition coefficient (Wildman–Crippen LogP) is 4.04. The van der Waals surface area contributed by atoms with Crippen LogP contribution in [0.3, 0.4) is 0 Å². The van der Waals surface area contributed by atoms with Gasteiger partial charge in [0.15, 0.2) is 0 Å². The van der Waals surface area contributed by atoms with Crippen molar-refractivity contribution in [2.45, 2.75) is 52.6 Å². The molecule has 1 aliphatic carbocycles. The van der Waals surface area contributed by atoms with Crippen molar-refractivity contribution in [3.05, 3.63) is 41.0 Å². The third kappa shape index (κ3) is 4.47. The third-order valence-electron chi connectivity index (χ3n) is 5.06. The second-order valence-electron chi connectivity index (χ2n) is 8.32. The van der Waals surface area contributed by atoms with Gasteiger partial charge in [0.2, 0.25) is 0 Å². The highest BCUT2D eigenvalue weighted by Gasteiger charge is 2.29. The monoisotopic (exact) mass is 357 g/mol. The van der Waals surface area contributed by atoms with Crippen molar-refractivity contribution in [1.29, 1.82) is 0 Å². The van der Waals surface area contributed by atoms with E-state index in [0.29, 0.717) is 6.42 Å². The van der Waals surface area contributed by atoms with Crippen LogP contribution in [0, 0.1) is 5.92 Å². The molecule has 0 amide bonds. The van der Waals surface area contributed by atoms with Crippen molar-refractivity contribution in [2.75, 3.05) is 26.3 Å². The zero-order valence-corrected chi connectivity index (χ0v) is 16.5. The molecule has 4 heteroatoms. The molecule has 1 fully saturated rings. The molecule has 1 unspecified atom stereocenters. The van der Waals surface area contributed by atoms with Crippen LogP contribution in [0.1, 0.15) is 51.7 Å². The van der Waals surface area contributed by atoms with Crippen molar-refractivity contribution in [3.63, 3.8) is 0 Å². The lowest BCUT2D eigenvalue weighted by Gasteiger charge is -2.37. The van der Waals surface area contributed by atoms with Gasteiger partial charge >= 0.3 is 5.97 Å². The number of morpholine rings is 1. The lowest BCUT2D eigenvalue weighted by Crippen LogP contribution is -2.37. The molecule has 1 aromatic carbocycles. The Labute approximate surface area is 157 Å². The maximum Gasteiger partial charge on any atom is 0.306 e. The zero-order valence-electron chi connectivity index (χ0n) is 16.5. The van der Waals surface area contributed by atoms with E-state index in [0.717, 1.165) is 39.1 Å². The van der Waals surface area contributed by atoms with E-state index in [2.05, 4.69) is 36.1 Å². The maximum absolute atomic E-state index is 12.4. The molecule has 26 heavy (non-hydrogen) atoms. The van der Waals surface area contributed by atoms with Gasteiger partial charge in [0, 0.05) is 24.4 Å². The van der Waals surface area contributed by atoms with E-state index in [1.165, 1.54) is 22.4 Å². The van der Waals surface area contributed by atoms with Crippen LogP contribution in [0.2, 0.25) is 0 Å². The summed E-state index contributed by atoms with van der Waals surface area (Å²) in [6.07, 6.45) is 2.48. The van der Waals surface area contributed by atoms with Gasteiger partial charge in [-0.05, 0) is 50.7 Å². The largest absolute Gasteiger partial charge is 0.460 e. The minimum absolute atomic E-state index is 0.113. The van der Waals surface area contributed by atoms with Gasteiger partial charge in [0.25, 0.3) is 0 Å². The Kier molecular flexibility index (Phi) is 5.71. The smallest absolute Gasteiger partial charge is 0.306 e. The van der Waals surface area contributed by atoms with Gasteiger partial charge in [0.05, 0.1) is 19.6 Å². The third-order valence-corrected chi connectivity index (χ3v) is 5.06. The Balaban J connectivity index is 1.89. The van der Waals surface area contributed by atoms with Crippen LogP contribution in [-0.4, -0.2) is 42.8 Å². The highest BCUT2D eigenvalue weighted by Crippen LogP contribution is 2.38. The second kappa shape index (κ2) is 7.83. The van der Waals surface area contributed by atoms with Crippen LogP contribution in [0.15, 0.2) is 29.8 Å². The van der Waals surface area contributed by atoms with Crippen LogP contribution in [0.4, 0.5) is 0 Å². The molecule has 0 aromatic heterocycles. The number of nitrogens with zero attached hydrogens (tertiary/aromatic N) is 1. The minimum atomic E-state index is -0.433. The first-order valence-electron chi connectivity index (χ1n) is 9.71. The molecule has 0 N–H and O–H groups in total. The quantitative estimate of drug-likeness (QED) is 0.762. The number of hydrogen-bond donors (Lipinski definition) is 0. The van der Waals surface area contributed by atoms with Crippen LogP contribution in [0.25, 0.3) is 5.70 Å². The molecular weight excluding hydrogens is 326 g/mol. The normalized spacial score (nSPS) is 19.2. The first-order chi connectivity index (χ1) is 12.3. The summed E-state index contributed by atoms with van der Waals surface area (Å²) >= 11 is 0. The molecule has 1 atom stereocenters. The van der Waals surface area contributed by atoms with Gasteiger partial charge in [-0.2, -0.15) is 0 Å². The van der Waals surface area contributed by atoms with Gasteiger partial charge in [-0.3, -0.25) is 4.79 Å².